The highest BCUT2D eigenvalue weighted by Crippen LogP contribution is 2.39. The van der Waals surface area contributed by atoms with E-state index >= 15 is 0 Å². The van der Waals surface area contributed by atoms with Gasteiger partial charge in [-0.3, -0.25) is 9.69 Å². The van der Waals surface area contributed by atoms with Crippen LogP contribution < -0.4 is 0 Å². The van der Waals surface area contributed by atoms with Gasteiger partial charge in [0.2, 0.25) is 0 Å². The zero-order valence-corrected chi connectivity index (χ0v) is 21.7. The summed E-state index contributed by atoms with van der Waals surface area (Å²) in [5.74, 6) is -0.188. The lowest BCUT2D eigenvalue weighted by atomic mass is 9.76. The minimum Gasteiger partial charge on any atom is -0.465 e. The van der Waals surface area contributed by atoms with Crippen LogP contribution in [0.5, 0.6) is 0 Å². The molecule has 4 rings (SSSR count). The quantitative estimate of drug-likeness (QED) is 0.514. The Labute approximate surface area is 209 Å². The molecule has 0 saturated carbocycles. The molecule has 2 atom stereocenters. The summed E-state index contributed by atoms with van der Waals surface area (Å²) < 4.78 is 4.79. The fourth-order valence-corrected chi connectivity index (χ4v) is 5.49. The number of amides is 1. The number of allylic oxidation sites excluding steroid dienone is 2. The Hall–Kier alpha value is -2.92. The van der Waals surface area contributed by atoms with E-state index in [-0.39, 0.29) is 24.0 Å². The number of carbonyl (C=O) groups is 2. The zero-order valence-electron chi connectivity index (χ0n) is 21.7. The van der Waals surface area contributed by atoms with Gasteiger partial charge < -0.3 is 9.64 Å². The van der Waals surface area contributed by atoms with Crippen LogP contribution in [0, 0.1) is 5.41 Å². The van der Waals surface area contributed by atoms with Crippen molar-refractivity contribution in [2.45, 2.75) is 65.6 Å². The summed E-state index contributed by atoms with van der Waals surface area (Å²) in [7, 11) is 1.39. The van der Waals surface area contributed by atoms with Crippen molar-refractivity contribution in [1.82, 2.24) is 9.80 Å². The average Bonchev–Trinajstić information content (AvgIpc) is 2.83. The molecule has 0 aromatic heterocycles. The number of carbonyl (C=O) groups excluding carboxylic acids is 2. The molecule has 0 spiro atoms. The lowest BCUT2D eigenvalue weighted by molar-refractivity contribution is 0.0268. The minimum atomic E-state index is -0.320. The summed E-state index contributed by atoms with van der Waals surface area (Å²) in [6.45, 7) is 11.3. The molecule has 2 aromatic carbocycles. The number of esters is 1. The molecule has 1 aliphatic heterocycles. The highest BCUT2D eigenvalue weighted by atomic mass is 16.5. The van der Waals surface area contributed by atoms with E-state index in [1.165, 1.54) is 12.7 Å². The van der Waals surface area contributed by atoms with E-state index in [1.54, 1.807) is 0 Å². The molecule has 5 nitrogen and oxygen atoms in total. The van der Waals surface area contributed by atoms with Gasteiger partial charge >= 0.3 is 5.97 Å². The number of piperazine rings is 1. The van der Waals surface area contributed by atoms with Gasteiger partial charge in [-0.25, -0.2) is 4.79 Å². The molecule has 0 N–H and O–H groups in total. The van der Waals surface area contributed by atoms with E-state index in [9.17, 15) is 9.59 Å². The molecule has 1 fully saturated rings. The Balaban J connectivity index is 1.47. The van der Waals surface area contributed by atoms with E-state index < -0.39 is 0 Å². The van der Waals surface area contributed by atoms with E-state index in [2.05, 4.69) is 49.6 Å². The third-order valence-corrected chi connectivity index (χ3v) is 7.49. The summed E-state index contributed by atoms with van der Waals surface area (Å²) in [5, 5.41) is 0. The number of rotatable bonds is 5. The maximum Gasteiger partial charge on any atom is 0.337 e. The van der Waals surface area contributed by atoms with Gasteiger partial charge in [-0.1, -0.05) is 50.3 Å². The standard InChI is InChI=1S/C30H38N2O3/c1-21-18-31(20-23-10-12-25(13-11-23)29(34)35-5)19-22(2)32(21)28(33)27-9-7-6-8-26(27)24-14-16-30(3,4)17-15-24/h6-14,21-22H,15-20H2,1-5H3/t21-,22+. The van der Waals surface area contributed by atoms with Crippen LogP contribution in [-0.2, 0) is 11.3 Å². The van der Waals surface area contributed by atoms with E-state index in [0.717, 1.165) is 55.6 Å². The molecular weight excluding hydrogens is 436 g/mol. The lowest BCUT2D eigenvalue weighted by Gasteiger charge is -2.45. The Bertz CT molecular complexity index is 1090. The normalized spacial score (nSPS) is 22.4. The van der Waals surface area contributed by atoms with Crippen molar-refractivity contribution < 1.29 is 14.3 Å². The smallest absolute Gasteiger partial charge is 0.337 e. The van der Waals surface area contributed by atoms with Crippen LogP contribution in [0.25, 0.3) is 5.57 Å². The van der Waals surface area contributed by atoms with Gasteiger partial charge in [0.25, 0.3) is 5.91 Å². The molecule has 35 heavy (non-hydrogen) atoms. The second-order valence-corrected chi connectivity index (χ2v) is 10.9. The zero-order chi connectivity index (χ0) is 25.2. The summed E-state index contributed by atoms with van der Waals surface area (Å²) in [4.78, 5) is 30.0. The molecule has 1 aliphatic carbocycles. The van der Waals surface area contributed by atoms with E-state index in [0.29, 0.717) is 11.0 Å². The molecule has 2 aliphatic rings. The van der Waals surface area contributed by atoms with Crippen molar-refractivity contribution >= 4 is 17.4 Å². The van der Waals surface area contributed by atoms with Crippen molar-refractivity contribution in [3.63, 3.8) is 0 Å². The molecule has 186 valence electrons. The second kappa shape index (κ2) is 10.4. The van der Waals surface area contributed by atoms with Crippen LogP contribution in [-0.4, -0.2) is 54.0 Å². The number of nitrogens with zero attached hydrogens (tertiary/aromatic N) is 2. The molecule has 0 unspecified atom stereocenters. The second-order valence-electron chi connectivity index (χ2n) is 10.9. The minimum absolute atomic E-state index is 0.105. The van der Waals surface area contributed by atoms with Crippen molar-refractivity contribution in [2.75, 3.05) is 20.2 Å². The van der Waals surface area contributed by atoms with E-state index in [4.69, 9.17) is 4.74 Å². The van der Waals surface area contributed by atoms with Crippen molar-refractivity contribution in [1.29, 1.82) is 0 Å². The average molecular weight is 475 g/mol. The SMILES string of the molecule is COC(=O)c1ccc(CN2C[C@@H](C)N(C(=O)c3ccccc3C3=CCC(C)(C)CC3)[C@@H](C)C2)cc1. The summed E-state index contributed by atoms with van der Waals surface area (Å²) in [5.41, 5.74) is 5.27. The molecule has 1 saturated heterocycles. The third kappa shape index (κ3) is 5.67. The van der Waals surface area contributed by atoms with Gasteiger partial charge in [0.1, 0.15) is 0 Å². The Morgan fingerprint density at radius 1 is 1.00 bits per heavy atom. The van der Waals surface area contributed by atoms with Crippen LogP contribution in [0.2, 0.25) is 0 Å². The number of hydrogen-bond acceptors (Lipinski definition) is 4. The van der Waals surface area contributed by atoms with Crippen LogP contribution in [0.15, 0.2) is 54.6 Å². The topological polar surface area (TPSA) is 49.9 Å². The molecule has 2 aromatic rings. The van der Waals surface area contributed by atoms with Gasteiger partial charge in [0.05, 0.1) is 12.7 Å². The fourth-order valence-electron chi connectivity index (χ4n) is 5.49. The largest absolute Gasteiger partial charge is 0.465 e. The van der Waals surface area contributed by atoms with Crippen LogP contribution in [0.4, 0.5) is 0 Å². The first-order valence-corrected chi connectivity index (χ1v) is 12.7. The summed E-state index contributed by atoms with van der Waals surface area (Å²) in [6.07, 6.45) is 5.56. The molecule has 1 heterocycles. The number of methoxy groups -OCH3 is 1. The van der Waals surface area contributed by atoms with Crippen molar-refractivity contribution in [3.8, 4) is 0 Å². The van der Waals surface area contributed by atoms with Gasteiger partial charge in [0, 0.05) is 37.3 Å². The van der Waals surface area contributed by atoms with Crippen molar-refractivity contribution in [3.05, 3.63) is 76.9 Å². The molecular formula is C30H38N2O3. The monoisotopic (exact) mass is 474 g/mol. The lowest BCUT2D eigenvalue weighted by Crippen LogP contribution is -2.58. The fraction of sp³-hybridized carbons (Fsp3) is 0.467. The molecule has 0 bridgehead atoms. The van der Waals surface area contributed by atoms with E-state index in [1.807, 2.05) is 42.5 Å². The van der Waals surface area contributed by atoms with Crippen molar-refractivity contribution in [2.24, 2.45) is 5.41 Å². The van der Waals surface area contributed by atoms with Gasteiger partial charge in [-0.15, -0.1) is 0 Å². The summed E-state index contributed by atoms with van der Waals surface area (Å²) in [6, 6.07) is 15.9. The molecule has 0 radical (unpaired) electrons. The first-order chi connectivity index (χ1) is 16.7. The predicted octanol–water partition coefficient (Wildman–Crippen LogP) is 5.80. The van der Waals surface area contributed by atoms with Gasteiger partial charge in [-0.05, 0) is 73.4 Å². The Kier molecular flexibility index (Phi) is 7.46. The van der Waals surface area contributed by atoms with Crippen LogP contribution in [0.3, 0.4) is 0 Å². The van der Waals surface area contributed by atoms with Crippen LogP contribution in [0.1, 0.15) is 78.8 Å². The molecule has 5 heteroatoms. The predicted molar refractivity (Wildman–Crippen MR) is 140 cm³/mol. The number of ether oxygens (including phenoxy) is 1. The highest BCUT2D eigenvalue weighted by molar-refractivity contribution is 5.99. The maximum atomic E-state index is 13.8. The highest BCUT2D eigenvalue weighted by Gasteiger charge is 2.34. The maximum absolute atomic E-state index is 13.8. The Morgan fingerprint density at radius 3 is 2.26 bits per heavy atom. The number of hydrogen-bond donors (Lipinski definition) is 0. The molecule has 1 amide bonds. The first-order valence-electron chi connectivity index (χ1n) is 12.7. The first kappa shape index (κ1) is 25.2. The Morgan fingerprint density at radius 2 is 1.66 bits per heavy atom. The van der Waals surface area contributed by atoms with Crippen LogP contribution >= 0.6 is 0 Å². The number of benzene rings is 2. The summed E-state index contributed by atoms with van der Waals surface area (Å²) >= 11 is 0. The van der Waals surface area contributed by atoms with Gasteiger partial charge in [-0.2, -0.15) is 0 Å². The van der Waals surface area contributed by atoms with Gasteiger partial charge in [0.15, 0.2) is 0 Å². The third-order valence-electron chi connectivity index (χ3n) is 7.49.